The van der Waals surface area contributed by atoms with Gasteiger partial charge in [-0.05, 0) is 12.1 Å². The maximum absolute atomic E-state index is 12.4. The quantitative estimate of drug-likeness (QED) is 0.835. The highest BCUT2D eigenvalue weighted by Gasteiger charge is 2.41. The monoisotopic (exact) mass is 234 g/mol. The number of carbonyl (C=O) groups is 1. The Labute approximate surface area is 89.1 Å². The van der Waals surface area contributed by atoms with Crippen molar-refractivity contribution in [2.45, 2.75) is 18.6 Å². The number of hydrogen-bond acceptors (Lipinski definition) is 3. The lowest BCUT2D eigenvalue weighted by atomic mass is 10.2. The van der Waals surface area contributed by atoms with Gasteiger partial charge in [-0.15, -0.1) is 0 Å². The maximum Gasteiger partial charge on any atom is 0.409 e. The van der Waals surface area contributed by atoms with Gasteiger partial charge in [0, 0.05) is 6.20 Å². The van der Waals surface area contributed by atoms with Crippen LogP contribution in [0.2, 0.25) is 0 Å². The Kier molecular flexibility index (Phi) is 3.70. The third kappa shape index (κ3) is 3.76. The molecule has 1 unspecified atom stereocenters. The summed E-state index contributed by atoms with van der Waals surface area (Å²) in [5.41, 5.74) is 0. The van der Waals surface area contributed by atoms with Crippen LogP contribution in [-0.4, -0.2) is 28.3 Å². The first-order valence-electron chi connectivity index (χ1n) is 4.35. The van der Waals surface area contributed by atoms with Crippen LogP contribution in [0, 0.1) is 0 Å². The summed E-state index contributed by atoms with van der Waals surface area (Å²) in [7, 11) is 0. The van der Waals surface area contributed by atoms with E-state index in [1.54, 1.807) is 6.07 Å². The molecule has 1 atom stereocenters. The van der Waals surface area contributed by atoms with Crippen molar-refractivity contribution in [1.29, 1.82) is 0 Å². The average Bonchev–Trinajstić information content (AvgIpc) is 2.16. The normalized spacial score (nSPS) is 13.2. The Morgan fingerprint density at radius 1 is 1.50 bits per heavy atom. The molecule has 16 heavy (non-hydrogen) atoms. The minimum atomic E-state index is -4.63. The Hall–Kier alpha value is -1.79. The number of anilines is 1. The van der Waals surface area contributed by atoms with E-state index in [-0.39, 0.29) is 5.82 Å². The first-order chi connectivity index (χ1) is 7.39. The van der Waals surface area contributed by atoms with Gasteiger partial charge in [-0.25, -0.2) is 4.98 Å². The van der Waals surface area contributed by atoms with E-state index in [1.165, 1.54) is 18.3 Å². The van der Waals surface area contributed by atoms with E-state index in [2.05, 4.69) is 4.98 Å². The summed E-state index contributed by atoms with van der Waals surface area (Å²) < 4.78 is 37.2. The average molecular weight is 234 g/mol. The SMILES string of the molecule is O=C(O)CC(Nc1ccccn1)C(F)(F)F. The highest BCUT2D eigenvalue weighted by Crippen LogP contribution is 2.25. The summed E-state index contributed by atoms with van der Waals surface area (Å²) >= 11 is 0. The van der Waals surface area contributed by atoms with Crippen LogP contribution in [0.3, 0.4) is 0 Å². The molecule has 0 saturated carbocycles. The molecule has 1 aromatic heterocycles. The summed E-state index contributed by atoms with van der Waals surface area (Å²) in [5.74, 6) is -1.53. The molecule has 0 radical (unpaired) electrons. The number of pyridine rings is 1. The largest absolute Gasteiger partial charge is 0.481 e. The van der Waals surface area contributed by atoms with Crippen LogP contribution >= 0.6 is 0 Å². The number of nitrogens with zero attached hydrogens (tertiary/aromatic N) is 1. The van der Waals surface area contributed by atoms with Gasteiger partial charge in [0.25, 0.3) is 0 Å². The van der Waals surface area contributed by atoms with Crippen molar-refractivity contribution in [2.24, 2.45) is 0 Å². The van der Waals surface area contributed by atoms with E-state index in [0.717, 1.165) is 0 Å². The smallest absolute Gasteiger partial charge is 0.409 e. The van der Waals surface area contributed by atoms with Crippen LogP contribution in [0.25, 0.3) is 0 Å². The number of halogens is 3. The summed E-state index contributed by atoms with van der Waals surface area (Å²) in [5, 5.41) is 10.4. The number of aromatic nitrogens is 1. The minimum Gasteiger partial charge on any atom is -0.481 e. The summed E-state index contributed by atoms with van der Waals surface area (Å²) in [6.07, 6.45) is -4.35. The van der Waals surface area contributed by atoms with Crippen molar-refractivity contribution in [1.82, 2.24) is 4.98 Å². The second kappa shape index (κ2) is 4.82. The van der Waals surface area contributed by atoms with Gasteiger partial charge < -0.3 is 10.4 Å². The number of rotatable bonds is 4. The van der Waals surface area contributed by atoms with Crippen molar-refractivity contribution < 1.29 is 23.1 Å². The number of hydrogen-bond donors (Lipinski definition) is 2. The first-order valence-corrected chi connectivity index (χ1v) is 4.35. The van der Waals surface area contributed by atoms with E-state index >= 15 is 0 Å². The zero-order valence-corrected chi connectivity index (χ0v) is 8.03. The predicted octanol–water partition coefficient (Wildman–Crippen LogP) is 1.90. The molecular formula is C9H9F3N2O2. The van der Waals surface area contributed by atoms with E-state index in [1.807, 2.05) is 5.32 Å². The molecule has 88 valence electrons. The second-order valence-corrected chi connectivity index (χ2v) is 3.05. The fourth-order valence-corrected chi connectivity index (χ4v) is 1.05. The lowest BCUT2D eigenvalue weighted by Crippen LogP contribution is -2.38. The van der Waals surface area contributed by atoms with Crippen LogP contribution in [0.4, 0.5) is 19.0 Å². The number of carboxylic acids is 1. The fourth-order valence-electron chi connectivity index (χ4n) is 1.05. The molecule has 2 N–H and O–H groups in total. The standard InChI is InChI=1S/C9H9F3N2O2/c10-9(11,12)6(5-8(15)16)14-7-3-1-2-4-13-7/h1-4,6H,5H2,(H,13,14)(H,15,16). The van der Waals surface area contributed by atoms with Crippen molar-refractivity contribution >= 4 is 11.8 Å². The van der Waals surface area contributed by atoms with Crippen molar-refractivity contribution in [3.63, 3.8) is 0 Å². The summed E-state index contributed by atoms with van der Waals surface area (Å²) in [6, 6.07) is 2.25. The van der Waals surface area contributed by atoms with Gasteiger partial charge in [-0.1, -0.05) is 6.07 Å². The topological polar surface area (TPSA) is 62.2 Å². The molecule has 1 rings (SSSR count). The van der Waals surface area contributed by atoms with Gasteiger partial charge in [0.1, 0.15) is 11.9 Å². The molecule has 7 heteroatoms. The van der Waals surface area contributed by atoms with Crippen LogP contribution in [0.5, 0.6) is 0 Å². The lowest BCUT2D eigenvalue weighted by molar-refractivity contribution is -0.157. The molecule has 0 aliphatic rings. The Bertz CT molecular complexity index is 354. The van der Waals surface area contributed by atoms with Gasteiger partial charge in [-0.3, -0.25) is 4.79 Å². The fraction of sp³-hybridized carbons (Fsp3) is 0.333. The first kappa shape index (κ1) is 12.3. The molecular weight excluding hydrogens is 225 g/mol. The van der Waals surface area contributed by atoms with Crippen molar-refractivity contribution in [2.75, 3.05) is 5.32 Å². The molecule has 1 aromatic rings. The zero-order valence-electron chi connectivity index (χ0n) is 8.03. The second-order valence-electron chi connectivity index (χ2n) is 3.05. The highest BCUT2D eigenvalue weighted by atomic mass is 19.4. The lowest BCUT2D eigenvalue weighted by Gasteiger charge is -2.20. The molecule has 4 nitrogen and oxygen atoms in total. The van der Waals surface area contributed by atoms with Crippen molar-refractivity contribution in [3.05, 3.63) is 24.4 Å². The van der Waals surface area contributed by atoms with Gasteiger partial charge in [0.05, 0.1) is 6.42 Å². The third-order valence-corrected chi connectivity index (χ3v) is 1.76. The van der Waals surface area contributed by atoms with E-state index in [9.17, 15) is 18.0 Å². The van der Waals surface area contributed by atoms with Gasteiger partial charge in [-0.2, -0.15) is 13.2 Å². The molecule has 0 bridgehead atoms. The molecule has 0 aliphatic heterocycles. The van der Waals surface area contributed by atoms with Crippen LogP contribution in [-0.2, 0) is 4.79 Å². The van der Waals surface area contributed by atoms with E-state index in [0.29, 0.717) is 0 Å². The van der Waals surface area contributed by atoms with Gasteiger partial charge in [0.15, 0.2) is 0 Å². The van der Waals surface area contributed by atoms with Gasteiger partial charge >= 0.3 is 12.1 Å². The molecule has 1 heterocycles. The highest BCUT2D eigenvalue weighted by molar-refractivity contribution is 5.68. The van der Waals surface area contributed by atoms with Crippen molar-refractivity contribution in [3.8, 4) is 0 Å². The number of alkyl halides is 3. The van der Waals surface area contributed by atoms with E-state index in [4.69, 9.17) is 5.11 Å². The summed E-state index contributed by atoms with van der Waals surface area (Å²) in [4.78, 5) is 13.9. The minimum absolute atomic E-state index is 0.00826. The number of carboxylic acid groups (broad SMARTS) is 1. The number of aliphatic carboxylic acids is 1. The Morgan fingerprint density at radius 2 is 2.19 bits per heavy atom. The zero-order chi connectivity index (χ0) is 12.2. The molecule has 0 spiro atoms. The maximum atomic E-state index is 12.4. The number of nitrogens with one attached hydrogen (secondary N) is 1. The van der Waals surface area contributed by atoms with Crippen LogP contribution in [0.15, 0.2) is 24.4 Å². The molecule has 0 saturated heterocycles. The predicted molar refractivity (Wildman–Crippen MR) is 50.0 cm³/mol. The molecule has 0 aromatic carbocycles. The third-order valence-electron chi connectivity index (χ3n) is 1.76. The summed E-state index contributed by atoms with van der Waals surface area (Å²) in [6.45, 7) is 0. The molecule has 0 aliphatic carbocycles. The van der Waals surface area contributed by atoms with Crippen LogP contribution in [0.1, 0.15) is 6.42 Å². The Morgan fingerprint density at radius 3 is 2.62 bits per heavy atom. The van der Waals surface area contributed by atoms with E-state index < -0.39 is 24.6 Å². The molecule has 0 amide bonds. The van der Waals surface area contributed by atoms with Crippen LogP contribution < -0.4 is 5.32 Å². The Balaban J connectivity index is 2.75. The molecule has 0 fully saturated rings. The van der Waals surface area contributed by atoms with Gasteiger partial charge in [0.2, 0.25) is 0 Å².